The molecule has 0 atom stereocenters. The molecular weight excluding hydrogens is 184 g/mol. The SMILES string of the molecule is C=C(C)Cn1ccc2c(CN)cccc21. The van der Waals surface area contributed by atoms with Crippen LogP contribution in [0.4, 0.5) is 0 Å². The Bertz CT molecular complexity index is 494. The van der Waals surface area contributed by atoms with Crippen LogP contribution in [0, 0.1) is 0 Å². The Morgan fingerprint density at radius 1 is 1.40 bits per heavy atom. The Kier molecular flexibility index (Phi) is 2.60. The maximum absolute atomic E-state index is 5.70. The lowest BCUT2D eigenvalue weighted by molar-refractivity contribution is 0.822. The van der Waals surface area contributed by atoms with E-state index >= 15 is 0 Å². The van der Waals surface area contributed by atoms with E-state index < -0.39 is 0 Å². The first-order valence-corrected chi connectivity index (χ1v) is 5.13. The number of fused-ring (bicyclic) bond motifs is 1. The topological polar surface area (TPSA) is 30.9 Å². The first kappa shape index (κ1) is 9.99. The molecule has 0 saturated heterocycles. The zero-order valence-corrected chi connectivity index (χ0v) is 9.03. The molecule has 2 aromatic rings. The lowest BCUT2D eigenvalue weighted by atomic mass is 10.1. The van der Waals surface area contributed by atoms with Crippen LogP contribution in [0.2, 0.25) is 0 Å². The van der Waals surface area contributed by atoms with Crippen molar-refractivity contribution in [3.63, 3.8) is 0 Å². The molecule has 0 bridgehead atoms. The monoisotopic (exact) mass is 200 g/mol. The summed E-state index contributed by atoms with van der Waals surface area (Å²) in [4.78, 5) is 0. The lowest BCUT2D eigenvalue weighted by Gasteiger charge is -2.05. The smallest absolute Gasteiger partial charge is 0.0486 e. The summed E-state index contributed by atoms with van der Waals surface area (Å²) in [5.41, 5.74) is 9.30. The van der Waals surface area contributed by atoms with Crippen molar-refractivity contribution < 1.29 is 0 Å². The molecule has 15 heavy (non-hydrogen) atoms. The van der Waals surface area contributed by atoms with Crippen molar-refractivity contribution in [1.29, 1.82) is 0 Å². The van der Waals surface area contributed by atoms with Gasteiger partial charge < -0.3 is 10.3 Å². The molecule has 0 spiro atoms. The van der Waals surface area contributed by atoms with Gasteiger partial charge in [0, 0.05) is 30.2 Å². The molecule has 0 saturated carbocycles. The second-order valence-corrected chi connectivity index (χ2v) is 3.95. The van der Waals surface area contributed by atoms with E-state index in [1.165, 1.54) is 16.5 Å². The van der Waals surface area contributed by atoms with Crippen LogP contribution in [0.25, 0.3) is 10.9 Å². The minimum atomic E-state index is 0.592. The predicted molar refractivity (Wildman–Crippen MR) is 64.6 cm³/mol. The second-order valence-electron chi connectivity index (χ2n) is 3.95. The number of hydrogen-bond acceptors (Lipinski definition) is 1. The summed E-state index contributed by atoms with van der Waals surface area (Å²) < 4.78 is 2.21. The van der Waals surface area contributed by atoms with Crippen LogP contribution >= 0.6 is 0 Å². The Morgan fingerprint density at radius 2 is 2.20 bits per heavy atom. The number of hydrogen-bond donors (Lipinski definition) is 1. The summed E-state index contributed by atoms with van der Waals surface area (Å²) in [6.45, 7) is 7.44. The van der Waals surface area contributed by atoms with Gasteiger partial charge in [-0.05, 0) is 24.6 Å². The number of benzene rings is 1. The Morgan fingerprint density at radius 3 is 2.87 bits per heavy atom. The number of nitrogens with zero attached hydrogens (tertiary/aromatic N) is 1. The molecule has 0 fully saturated rings. The highest BCUT2D eigenvalue weighted by Crippen LogP contribution is 2.20. The zero-order valence-electron chi connectivity index (χ0n) is 9.03. The van der Waals surface area contributed by atoms with Gasteiger partial charge in [0.25, 0.3) is 0 Å². The average Bonchev–Trinajstić information content (AvgIpc) is 2.61. The van der Waals surface area contributed by atoms with Gasteiger partial charge in [-0.15, -0.1) is 0 Å². The summed E-state index contributed by atoms with van der Waals surface area (Å²) in [6.07, 6.45) is 2.10. The van der Waals surface area contributed by atoms with Gasteiger partial charge in [-0.2, -0.15) is 0 Å². The van der Waals surface area contributed by atoms with Crippen LogP contribution in [0.15, 0.2) is 42.6 Å². The molecule has 0 aliphatic rings. The van der Waals surface area contributed by atoms with Crippen molar-refractivity contribution in [3.8, 4) is 0 Å². The molecule has 0 radical (unpaired) electrons. The van der Waals surface area contributed by atoms with Crippen LogP contribution < -0.4 is 5.73 Å². The van der Waals surface area contributed by atoms with E-state index in [2.05, 4.69) is 41.6 Å². The van der Waals surface area contributed by atoms with E-state index in [0.717, 1.165) is 12.1 Å². The molecule has 0 unspecified atom stereocenters. The third kappa shape index (κ3) is 1.81. The zero-order chi connectivity index (χ0) is 10.8. The third-order valence-corrected chi connectivity index (χ3v) is 2.56. The maximum Gasteiger partial charge on any atom is 0.0486 e. The lowest BCUT2D eigenvalue weighted by Crippen LogP contribution is -1.98. The van der Waals surface area contributed by atoms with E-state index in [9.17, 15) is 0 Å². The van der Waals surface area contributed by atoms with Crippen LogP contribution in [-0.4, -0.2) is 4.57 Å². The van der Waals surface area contributed by atoms with Gasteiger partial charge in [-0.3, -0.25) is 0 Å². The molecule has 78 valence electrons. The molecule has 2 N–H and O–H groups in total. The summed E-state index contributed by atoms with van der Waals surface area (Å²) in [7, 11) is 0. The van der Waals surface area contributed by atoms with Gasteiger partial charge in [0.2, 0.25) is 0 Å². The third-order valence-electron chi connectivity index (χ3n) is 2.56. The van der Waals surface area contributed by atoms with Crippen molar-refractivity contribution >= 4 is 10.9 Å². The minimum Gasteiger partial charge on any atom is -0.343 e. The predicted octanol–water partition coefficient (Wildman–Crippen LogP) is 2.68. The van der Waals surface area contributed by atoms with E-state index in [-0.39, 0.29) is 0 Å². The van der Waals surface area contributed by atoms with E-state index in [4.69, 9.17) is 5.73 Å². The quantitative estimate of drug-likeness (QED) is 0.759. The number of aromatic nitrogens is 1. The van der Waals surface area contributed by atoms with Gasteiger partial charge in [-0.1, -0.05) is 24.3 Å². The molecule has 0 aliphatic carbocycles. The molecule has 2 rings (SSSR count). The fraction of sp³-hybridized carbons (Fsp3) is 0.231. The maximum atomic E-state index is 5.70. The van der Waals surface area contributed by atoms with Crippen LogP contribution in [0.3, 0.4) is 0 Å². The molecular formula is C13H16N2. The summed E-state index contributed by atoms with van der Waals surface area (Å²) in [5, 5.41) is 1.25. The minimum absolute atomic E-state index is 0.592. The fourth-order valence-electron chi connectivity index (χ4n) is 1.89. The highest BCUT2D eigenvalue weighted by Gasteiger charge is 2.03. The summed E-state index contributed by atoms with van der Waals surface area (Å²) in [5.74, 6) is 0. The first-order valence-electron chi connectivity index (χ1n) is 5.13. The highest BCUT2D eigenvalue weighted by atomic mass is 14.9. The molecule has 0 aliphatic heterocycles. The highest BCUT2D eigenvalue weighted by molar-refractivity contribution is 5.83. The van der Waals surface area contributed by atoms with Crippen molar-refractivity contribution in [3.05, 3.63) is 48.2 Å². The van der Waals surface area contributed by atoms with E-state index in [0.29, 0.717) is 6.54 Å². The number of nitrogens with two attached hydrogens (primary N) is 1. The number of allylic oxidation sites excluding steroid dienone is 1. The van der Waals surface area contributed by atoms with Gasteiger partial charge in [-0.25, -0.2) is 0 Å². The molecule has 2 heteroatoms. The van der Waals surface area contributed by atoms with Crippen molar-refractivity contribution in [2.24, 2.45) is 5.73 Å². The Labute approximate surface area is 90.0 Å². The molecule has 2 nitrogen and oxygen atoms in total. The van der Waals surface area contributed by atoms with Crippen LogP contribution in [0.5, 0.6) is 0 Å². The Balaban J connectivity index is 2.55. The number of rotatable bonds is 3. The van der Waals surface area contributed by atoms with Crippen LogP contribution in [-0.2, 0) is 13.1 Å². The van der Waals surface area contributed by atoms with Gasteiger partial charge in [0.05, 0.1) is 0 Å². The molecule has 1 aromatic carbocycles. The molecule has 1 aromatic heterocycles. The normalized spacial score (nSPS) is 10.8. The largest absolute Gasteiger partial charge is 0.343 e. The van der Waals surface area contributed by atoms with Crippen molar-refractivity contribution in [1.82, 2.24) is 4.57 Å². The Hall–Kier alpha value is -1.54. The van der Waals surface area contributed by atoms with Gasteiger partial charge >= 0.3 is 0 Å². The van der Waals surface area contributed by atoms with E-state index in [1.807, 2.05) is 6.92 Å². The first-order chi connectivity index (χ1) is 7.22. The van der Waals surface area contributed by atoms with Crippen molar-refractivity contribution in [2.75, 3.05) is 0 Å². The molecule has 1 heterocycles. The summed E-state index contributed by atoms with van der Waals surface area (Å²) in [6, 6.07) is 8.38. The standard InChI is InChI=1S/C13H16N2/c1-10(2)9-15-7-6-12-11(8-14)4-3-5-13(12)15/h3-7H,1,8-9,14H2,2H3. The van der Waals surface area contributed by atoms with Gasteiger partial charge in [0.15, 0.2) is 0 Å². The fourth-order valence-corrected chi connectivity index (χ4v) is 1.89. The van der Waals surface area contributed by atoms with Gasteiger partial charge in [0.1, 0.15) is 0 Å². The average molecular weight is 200 g/mol. The second kappa shape index (κ2) is 3.91. The van der Waals surface area contributed by atoms with Crippen LogP contribution in [0.1, 0.15) is 12.5 Å². The summed E-state index contributed by atoms with van der Waals surface area (Å²) >= 11 is 0. The molecule has 0 amide bonds. The van der Waals surface area contributed by atoms with E-state index in [1.54, 1.807) is 0 Å². The van der Waals surface area contributed by atoms with Crippen molar-refractivity contribution in [2.45, 2.75) is 20.0 Å².